The lowest BCUT2D eigenvalue weighted by Gasteiger charge is -2.38. The molecule has 0 radical (unpaired) electrons. The minimum absolute atomic E-state index is 0.111. The number of benzene rings is 3. The molecule has 44 heavy (non-hydrogen) atoms. The van der Waals surface area contributed by atoms with Gasteiger partial charge in [-0.25, -0.2) is 30.7 Å². The molecule has 2 fully saturated rings. The maximum absolute atomic E-state index is 15.1. The van der Waals surface area contributed by atoms with E-state index in [0.29, 0.717) is 30.0 Å². The molecule has 1 aliphatic heterocycles. The maximum Gasteiger partial charge on any atom is 0.194 e. The molecule has 3 aromatic rings. The SMILES string of the molecule is CCCCCC1CCC(C2CCC(c3ccc(C(F)=C(F)c4ccc(-c5cc(F)c(F)c(F)c5)c(F)c4)c(F)c3)CC2)OC1. The van der Waals surface area contributed by atoms with Crippen LogP contribution in [0.1, 0.15) is 93.7 Å². The fourth-order valence-electron chi connectivity index (χ4n) is 6.74. The summed E-state index contributed by atoms with van der Waals surface area (Å²) in [6, 6.07) is 7.87. The van der Waals surface area contributed by atoms with E-state index in [1.165, 1.54) is 44.2 Å². The van der Waals surface area contributed by atoms with Crippen molar-refractivity contribution < 1.29 is 35.5 Å². The zero-order chi connectivity index (χ0) is 31.4. The molecule has 2 atom stereocenters. The fourth-order valence-corrected chi connectivity index (χ4v) is 6.74. The standard InChI is InChI=1S/C36H37F7O/c1-2-3-4-5-21-6-15-33(44-20-21)23-9-7-22(8-10-23)24-11-14-28(30(38)16-24)35(42)34(41)25-12-13-27(29(37)17-25)26-18-31(39)36(43)32(40)19-26/h11-14,16-19,21-23,33H,2-10,15,20H2,1H3. The van der Waals surface area contributed by atoms with Gasteiger partial charge in [-0.2, -0.15) is 0 Å². The van der Waals surface area contributed by atoms with Crippen molar-refractivity contribution in [1.82, 2.24) is 0 Å². The summed E-state index contributed by atoms with van der Waals surface area (Å²) in [6.07, 6.45) is 11.2. The topological polar surface area (TPSA) is 9.23 Å². The van der Waals surface area contributed by atoms with Crippen molar-refractivity contribution in [3.63, 3.8) is 0 Å². The summed E-state index contributed by atoms with van der Waals surface area (Å²) in [5.41, 5.74) is -1.04. The van der Waals surface area contributed by atoms with E-state index in [4.69, 9.17) is 4.74 Å². The molecule has 3 aromatic carbocycles. The molecule has 236 valence electrons. The van der Waals surface area contributed by atoms with Gasteiger partial charge in [-0.15, -0.1) is 0 Å². The second-order valence-corrected chi connectivity index (χ2v) is 12.2. The number of hydrogen-bond donors (Lipinski definition) is 0. The minimum Gasteiger partial charge on any atom is -0.378 e. The van der Waals surface area contributed by atoms with Crippen LogP contribution in [0.15, 0.2) is 48.5 Å². The van der Waals surface area contributed by atoms with E-state index >= 15 is 13.2 Å². The zero-order valence-corrected chi connectivity index (χ0v) is 24.8. The smallest absolute Gasteiger partial charge is 0.194 e. The molecule has 0 aromatic heterocycles. The Bertz CT molecular complexity index is 1460. The summed E-state index contributed by atoms with van der Waals surface area (Å²) in [4.78, 5) is 0. The van der Waals surface area contributed by atoms with Crippen molar-refractivity contribution in [2.24, 2.45) is 11.8 Å². The normalized spacial score (nSPS) is 23.0. The van der Waals surface area contributed by atoms with Gasteiger partial charge in [0, 0.05) is 23.3 Å². The van der Waals surface area contributed by atoms with Gasteiger partial charge in [0.05, 0.1) is 6.10 Å². The first-order valence-electron chi connectivity index (χ1n) is 15.6. The van der Waals surface area contributed by atoms with E-state index in [-0.39, 0.29) is 23.1 Å². The molecule has 1 heterocycles. The summed E-state index contributed by atoms with van der Waals surface area (Å²) >= 11 is 0. The second kappa shape index (κ2) is 14.3. The van der Waals surface area contributed by atoms with Crippen molar-refractivity contribution in [3.8, 4) is 11.1 Å². The summed E-state index contributed by atoms with van der Waals surface area (Å²) in [5, 5.41) is 0. The minimum atomic E-state index is -1.71. The fraction of sp³-hybridized carbons (Fsp3) is 0.444. The Morgan fingerprint density at radius 3 is 2.07 bits per heavy atom. The summed E-state index contributed by atoms with van der Waals surface area (Å²) in [6.45, 7) is 3.05. The molecule has 1 saturated heterocycles. The molecule has 0 bridgehead atoms. The Hall–Kier alpha value is -3.13. The van der Waals surface area contributed by atoms with Crippen molar-refractivity contribution in [2.75, 3.05) is 6.61 Å². The van der Waals surface area contributed by atoms with Gasteiger partial charge < -0.3 is 4.74 Å². The highest BCUT2D eigenvalue weighted by Crippen LogP contribution is 2.41. The summed E-state index contributed by atoms with van der Waals surface area (Å²) in [5.74, 6) is -8.51. The third-order valence-electron chi connectivity index (χ3n) is 9.33. The molecular weight excluding hydrogens is 581 g/mol. The highest BCUT2D eigenvalue weighted by atomic mass is 19.2. The van der Waals surface area contributed by atoms with Gasteiger partial charge in [0.15, 0.2) is 29.1 Å². The van der Waals surface area contributed by atoms with Crippen LogP contribution < -0.4 is 0 Å². The molecule has 0 amide bonds. The Balaban J connectivity index is 1.22. The lowest BCUT2D eigenvalue weighted by atomic mass is 9.75. The lowest BCUT2D eigenvalue weighted by Crippen LogP contribution is -2.34. The number of unbranched alkanes of at least 4 members (excludes halogenated alkanes) is 2. The predicted octanol–water partition coefficient (Wildman–Crippen LogP) is 11.5. The monoisotopic (exact) mass is 618 g/mol. The van der Waals surface area contributed by atoms with Crippen molar-refractivity contribution >= 4 is 11.7 Å². The third kappa shape index (κ3) is 7.22. The van der Waals surface area contributed by atoms with Crippen LogP contribution in [-0.2, 0) is 4.74 Å². The van der Waals surface area contributed by atoms with Crippen LogP contribution in [0.25, 0.3) is 22.8 Å². The molecule has 0 N–H and O–H groups in total. The number of halogens is 7. The Morgan fingerprint density at radius 1 is 0.727 bits per heavy atom. The van der Waals surface area contributed by atoms with Crippen LogP contribution in [0.3, 0.4) is 0 Å². The van der Waals surface area contributed by atoms with Crippen LogP contribution >= 0.6 is 0 Å². The molecule has 1 saturated carbocycles. The van der Waals surface area contributed by atoms with Crippen molar-refractivity contribution in [3.05, 3.63) is 94.3 Å². The Labute approximate surface area is 254 Å². The average molecular weight is 619 g/mol. The highest BCUT2D eigenvalue weighted by molar-refractivity contribution is 5.84. The maximum atomic E-state index is 15.1. The average Bonchev–Trinajstić information content (AvgIpc) is 3.03. The lowest BCUT2D eigenvalue weighted by molar-refractivity contribution is -0.0578. The van der Waals surface area contributed by atoms with E-state index in [2.05, 4.69) is 6.92 Å². The Morgan fingerprint density at radius 2 is 1.45 bits per heavy atom. The molecule has 2 unspecified atom stereocenters. The molecule has 0 spiro atoms. The van der Waals surface area contributed by atoms with Crippen LogP contribution in [0.5, 0.6) is 0 Å². The second-order valence-electron chi connectivity index (χ2n) is 12.2. The number of hydrogen-bond acceptors (Lipinski definition) is 1. The number of rotatable bonds is 9. The largest absolute Gasteiger partial charge is 0.378 e. The first kappa shape index (κ1) is 32.3. The summed E-state index contributed by atoms with van der Waals surface area (Å²) < 4.78 is 107. The van der Waals surface area contributed by atoms with Gasteiger partial charge in [0.25, 0.3) is 0 Å². The van der Waals surface area contributed by atoms with Crippen molar-refractivity contribution in [1.29, 1.82) is 0 Å². The zero-order valence-electron chi connectivity index (χ0n) is 24.8. The van der Waals surface area contributed by atoms with Gasteiger partial charge in [-0.1, -0.05) is 44.4 Å². The molecular formula is C36H37F7O. The van der Waals surface area contributed by atoms with Crippen LogP contribution in [0.2, 0.25) is 0 Å². The highest BCUT2D eigenvalue weighted by Gasteiger charge is 2.32. The first-order chi connectivity index (χ1) is 21.2. The van der Waals surface area contributed by atoms with Gasteiger partial charge >= 0.3 is 0 Å². The van der Waals surface area contributed by atoms with Gasteiger partial charge in [-0.3, -0.25) is 0 Å². The number of ether oxygens (including phenoxy) is 1. The summed E-state index contributed by atoms with van der Waals surface area (Å²) in [7, 11) is 0. The first-order valence-corrected chi connectivity index (χ1v) is 15.6. The van der Waals surface area contributed by atoms with E-state index in [9.17, 15) is 17.6 Å². The van der Waals surface area contributed by atoms with Crippen molar-refractivity contribution in [2.45, 2.75) is 83.2 Å². The van der Waals surface area contributed by atoms with Gasteiger partial charge in [0.2, 0.25) is 0 Å². The molecule has 2 aliphatic rings. The quantitative estimate of drug-likeness (QED) is 0.100. The van der Waals surface area contributed by atoms with E-state index < -0.39 is 51.9 Å². The van der Waals surface area contributed by atoms with Crippen LogP contribution in [-0.4, -0.2) is 12.7 Å². The predicted molar refractivity (Wildman–Crippen MR) is 158 cm³/mol. The van der Waals surface area contributed by atoms with Gasteiger partial charge in [-0.05, 0) is 104 Å². The van der Waals surface area contributed by atoms with E-state index in [1.54, 1.807) is 6.07 Å². The molecule has 5 rings (SSSR count). The van der Waals surface area contributed by atoms with Gasteiger partial charge in [0.1, 0.15) is 11.6 Å². The van der Waals surface area contributed by atoms with Crippen LogP contribution in [0, 0.1) is 40.9 Å². The van der Waals surface area contributed by atoms with E-state index in [0.717, 1.165) is 56.4 Å². The molecule has 1 aliphatic carbocycles. The van der Waals surface area contributed by atoms with E-state index in [1.807, 2.05) is 0 Å². The third-order valence-corrected chi connectivity index (χ3v) is 9.33. The molecule has 8 heteroatoms. The Kier molecular flexibility index (Phi) is 10.5. The van der Waals surface area contributed by atoms with Crippen LogP contribution in [0.4, 0.5) is 30.7 Å². The molecule has 1 nitrogen and oxygen atoms in total.